The summed E-state index contributed by atoms with van der Waals surface area (Å²) in [7, 11) is 1.84. The number of hydrogen-bond acceptors (Lipinski definition) is 3. The third kappa shape index (κ3) is 3.68. The summed E-state index contributed by atoms with van der Waals surface area (Å²) in [6.07, 6.45) is 2.80. The zero-order valence-electron chi connectivity index (χ0n) is 15.3. The third-order valence-electron chi connectivity index (χ3n) is 4.51. The van der Waals surface area contributed by atoms with E-state index in [1.807, 2.05) is 43.4 Å². The fraction of sp³-hybridized carbons (Fsp3) is 0.0909. The molecular weight excluding hydrogens is 440 g/mol. The fourth-order valence-electron chi connectivity index (χ4n) is 3.20. The maximum Gasteiger partial charge on any atom is 0.261 e. The average molecular weight is 458 g/mol. The first-order chi connectivity index (χ1) is 13.4. The number of benzene rings is 2. The van der Waals surface area contributed by atoms with Crippen LogP contribution in [0.1, 0.15) is 5.56 Å². The summed E-state index contributed by atoms with van der Waals surface area (Å²) >= 11 is 9.70. The fourth-order valence-corrected chi connectivity index (χ4v) is 3.92. The van der Waals surface area contributed by atoms with Gasteiger partial charge >= 0.3 is 0 Å². The summed E-state index contributed by atoms with van der Waals surface area (Å²) < 4.78 is 0.835. The lowest BCUT2D eigenvalue weighted by molar-refractivity contribution is -0.138. The molecule has 0 radical (unpaired) electrons. The Morgan fingerprint density at radius 3 is 2.29 bits per heavy atom. The number of anilines is 1. The number of hydrogen-bond donors (Lipinski definition) is 1. The van der Waals surface area contributed by atoms with Gasteiger partial charge in [0.2, 0.25) is 0 Å². The molecule has 0 saturated carbocycles. The Labute approximate surface area is 177 Å². The number of imide groups is 1. The SMILES string of the molecule is C=CC1=C(C=C)C(=O)N(Cc2cc(Br)cc(-c3cc(Cl)ccc3NC)c2)C1=O. The van der Waals surface area contributed by atoms with Crippen molar-refractivity contribution in [3.05, 3.63) is 87.9 Å². The van der Waals surface area contributed by atoms with Gasteiger partial charge < -0.3 is 5.32 Å². The number of nitrogens with zero attached hydrogens (tertiary/aromatic N) is 1. The number of rotatable bonds is 6. The van der Waals surface area contributed by atoms with E-state index in [1.165, 1.54) is 17.1 Å². The van der Waals surface area contributed by atoms with Crippen molar-refractivity contribution in [1.29, 1.82) is 0 Å². The summed E-state index contributed by atoms with van der Waals surface area (Å²) in [6, 6.07) is 11.4. The summed E-state index contributed by atoms with van der Waals surface area (Å²) in [5.41, 5.74) is 4.13. The van der Waals surface area contributed by atoms with Crippen LogP contribution in [0.3, 0.4) is 0 Å². The van der Waals surface area contributed by atoms with Gasteiger partial charge in [0.15, 0.2) is 0 Å². The zero-order valence-corrected chi connectivity index (χ0v) is 17.6. The lowest BCUT2D eigenvalue weighted by Gasteiger charge is -2.17. The lowest BCUT2D eigenvalue weighted by atomic mass is 10.0. The van der Waals surface area contributed by atoms with Crippen molar-refractivity contribution < 1.29 is 9.59 Å². The van der Waals surface area contributed by atoms with Gasteiger partial charge in [0.05, 0.1) is 17.7 Å². The van der Waals surface area contributed by atoms with Crippen LogP contribution in [0, 0.1) is 0 Å². The zero-order chi connectivity index (χ0) is 20.4. The van der Waals surface area contributed by atoms with Crippen LogP contribution in [0.15, 0.2) is 77.3 Å². The van der Waals surface area contributed by atoms with Gasteiger partial charge in [0.1, 0.15) is 0 Å². The van der Waals surface area contributed by atoms with Crippen LogP contribution in [0.2, 0.25) is 5.02 Å². The first kappa shape index (κ1) is 20.1. The van der Waals surface area contributed by atoms with Gasteiger partial charge in [-0.25, -0.2) is 0 Å². The van der Waals surface area contributed by atoms with Crippen molar-refractivity contribution in [1.82, 2.24) is 4.90 Å². The molecule has 28 heavy (non-hydrogen) atoms. The molecule has 4 nitrogen and oxygen atoms in total. The van der Waals surface area contributed by atoms with Crippen molar-refractivity contribution in [2.75, 3.05) is 12.4 Å². The quantitative estimate of drug-likeness (QED) is 0.595. The minimum absolute atomic E-state index is 0.147. The molecule has 0 spiro atoms. The molecule has 0 atom stereocenters. The molecule has 2 aromatic carbocycles. The Morgan fingerprint density at radius 1 is 1.07 bits per heavy atom. The van der Waals surface area contributed by atoms with Crippen molar-refractivity contribution in [3.8, 4) is 11.1 Å². The van der Waals surface area contributed by atoms with Gasteiger partial charge in [-0.3, -0.25) is 14.5 Å². The molecule has 1 N–H and O–H groups in total. The van der Waals surface area contributed by atoms with Crippen LogP contribution in [0.5, 0.6) is 0 Å². The van der Waals surface area contributed by atoms with Gasteiger partial charge in [-0.15, -0.1) is 0 Å². The van der Waals surface area contributed by atoms with E-state index in [1.54, 1.807) is 0 Å². The van der Waals surface area contributed by atoms with E-state index in [4.69, 9.17) is 11.6 Å². The summed E-state index contributed by atoms with van der Waals surface area (Å²) in [6.45, 7) is 7.41. The highest BCUT2D eigenvalue weighted by atomic mass is 79.9. The number of nitrogens with one attached hydrogen (secondary N) is 1. The van der Waals surface area contributed by atoms with E-state index in [0.29, 0.717) is 5.02 Å². The number of carbonyl (C=O) groups excluding carboxylic acids is 2. The smallest absolute Gasteiger partial charge is 0.261 e. The van der Waals surface area contributed by atoms with Crippen molar-refractivity contribution in [2.24, 2.45) is 0 Å². The highest BCUT2D eigenvalue weighted by Crippen LogP contribution is 2.34. The topological polar surface area (TPSA) is 49.4 Å². The van der Waals surface area contributed by atoms with Crippen molar-refractivity contribution >= 4 is 45.0 Å². The minimum atomic E-state index is -0.366. The molecule has 0 aromatic heterocycles. The Balaban J connectivity index is 1.99. The van der Waals surface area contributed by atoms with Crippen LogP contribution < -0.4 is 5.32 Å². The molecule has 0 unspecified atom stereocenters. The maximum atomic E-state index is 12.6. The molecule has 1 aliphatic heterocycles. The van der Waals surface area contributed by atoms with Crippen LogP contribution in [0.25, 0.3) is 11.1 Å². The van der Waals surface area contributed by atoms with Gasteiger partial charge in [-0.05, 0) is 47.5 Å². The first-order valence-corrected chi connectivity index (χ1v) is 9.69. The second-order valence-electron chi connectivity index (χ2n) is 6.22. The molecule has 142 valence electrons. The monoisotopic (exact) mass is 456 g/mol. The molecule has 1 heterocycles. The Hall–Kier alpha value is -2.63. The molecule has 0 fully saturated rings. The van der Waals surface area contributed by atoms with Crippen LogP contribution in [-0.2, 0) is 16.1 Å². The molecule has 0 saturated heterocycles. The standard InChI is InChI=1S/C22H18BrClN2O2/c1-4-17-18(5-2)22(28)26(21(17)27)12-13-8-14(10-15(23)9-13)19-11-16(24)6-7-20(19)25-3/h4-11,25H,1-2,12H2,3H3. The van der Waals surface area contributed by atoms with E-state index in [9.17, 15) is 9.59 Å². The highest BCUT2D eigenvalue weighted by Gasteiger charge is 2.35. The third-order valence-corrected chi connectivity index (χ3v) is 5.20. The predicted octanol–water partition coefficient (Wildman–Crippen LogP) is 5.35. The molecule has 1 aliphatic rings. The summed E-state index contributed by atoms with van der Waals surface area (Å²) in [5.74, 6) is -0.731. The van der Waals surface area contributed by atoms with Gasteiger partial charge in [0, 0.05) is 27.8 Å². The second kappa shape index (κ2) is 8.17. The molecule has 0 bridgehead atoms. The van der Waals surface area contributed by atoms with Crippen molar-refractivity contribution in [2.45, 2.75) is 6.54 Å². The number of carbonyl (C=O) groups is 2. The van der Waals surface area contributed by atoms with E-state index in [2.05, 4.69) is 34.4 Å². The second-order valence-corrected chi connectivity index (χ2v) is 7.57. The van der Waals surface area contributed by atoms with Crippen LogP contribution in [0.4, 0.5) is 5.69 Å². The summed E-state index contributed by atoms with van der Waals surface area (Å²) in [5, 5.41) is 3.77. The number of halogens is 2. The molecular formula is C22H18BrClN2O2. The molecule has 6 heteroatoms. The van der Waals surface area contributed by atoms with Crippen LogP contribution >= 0.6 is 27.5 Å². The molecule has 2 aromatic rings. The van der Waals surface area contributed by atoms with Gasteiger partial charge in [-0.2, -0.15) is 0 Å². The van der Waals surface area contributed by atoms with E-state index in [-0.39, 0.29) is 29.5 Å². The van der Waals surface area contributed by atoms with Gasteiger partial charge in [-0.1, -0.05) is 52.8 Å². The number of amides is 2. The van der Waals surface area contributed by atoms with E-state index in [0.717, 1.165) is 26.9 Å². The van der Waals surface area contributed by atoms with Gasteiger partial charge in [0.25, 0.3) is 11.8 Å². The lowest BCUT2D eigenvalue weighted by Crippen LogP contribution is -2.31. The maximum absolute atomic E-state index is 12.6. The van der Waals surface area contributed by atoms with Crippen molar-refractivity contribution in [3.63, 3.8) is 0 Å². The molecule has 0 aliphatic carbocycles. The minimum Gasteiger partial charge on any atom is -0.388 e. The largest absolute Gasteiger partial charge is 0.388 e. The molecule has 3 rings (SSSR count). The molecule has 2 amide bonds. The summed E-state index contributed by atoms with van der Waals surface area (Å²) in [4.78, 5) is 26.4. The van der Waals surface area contributed by atoms with E-state index >= 15 is 0 Å². The van der Waals surface area contributed by atoms with Crippen LogP contribution in [-0.4, -0.2) is 23.8 Å². The highest BCUT2D eigenvalue weighted by molar-refractivity contribution is 9.10. The normalized spacial score (nSPS) is 13.9. The predicted molar refractivity (Wildman–Crippen MR) is 117 cm³/mol. The Morgan fingerprint density at radius 2 is 1.71 bits per heavy atom. The average Bonchev–Trinajstić information content (AvgIpc) is 2.90. The Bertz CT molecular complexity index is 1010. The first-order valence-electron chi connectivity index (χ1n) is 8.52. The Kier molecular flexibility index (Phi) is 5.87. The van der Waals surface area contributed by atoms with E-state index < -0.39 is 0 Å².